The maximum atomic E-state index is 9.35. The average molecular weight is 262 g/mol. The first-order valence-electron chi connectivity index (χ1n) is 7.51. The van der Waals surface area contributed by atoms with E-state index >= 15 is 0 Å². The van der Waals surface area contributed by atoms with Gasteiger partial charge in [0, 0.05) is 12.6 Å². The summed E-state index contributed by atoms with van der Waals surface area (Å²) in [5, 5.41) is 9.35. The number of nitrogens with zero attached hydrogens (tertiary/aromatic N) is 1. The first-order chi connectivity index (χ1) is 9.29. The zero-order valence-electron chi connectivity index (χ0n) is 11.7. The van der Waals surface area contributed by atoms with Gasteiger partial charge in [0.1, 0.15) is 5.75 Å². The van der Waals surface area contributed by atoms with Gasteiger partial charge in [0.05, 0.1) is 0 Å². The van der Waals surface area contributed by atoms with Gasteiger partial charge in [-0.1, -0.05) is 31.4 Å². The number of hydrogen-bond donors (Lipinski definition) is 2. The van der Waals surface area contributed by atoms with E-state index in [4.69, 9.17) is 5.73 Å². The maximum absolute atomic E-state index is 9.35. The number of hydrogen-bond acceptors (Lipinski definition) is 3. The van der Waals surface area contributed by atoms with Gasteiger partial charge in [0.25, 0.3) is 0 Å². The molecule has 1 aromatic carbocycles. The number of nitrogens with two attached hydrogens (primary N) is 1. The van der Waals surface area contributed by atoms with Crippen LogP contribution < -0.4 is 5.73 Å². The molecule has 106 valence electrons. The Balaban J connectivity index is 1.97. The zero-order valence-corrected chi connectivity index (χ0v) is 11.7. The Kier molecular flexibility index (Phi) is 5.67. The summed E-state index contributed by atoms with van der Waals surface area (Å²) in [6, 6.07) is 8.31. The van der Waals surface area contributed by atoms with Crippen LogP contribution in [0, 0.1) is 0 Å². The normalized spacial score (nSPS) is 16.9. The second-order valence-electron chi connectivity index (χ2n) is 5.57. The van der Waals surface area contributed by atoms with Crippen LogP contribution in [0.15, 0.2) is 24.3 Å². The van der Waals surface area contributed by atoms with E-state index in [0.29, 0.717) is 11.8 Å². The lowest BCUT2D eigenvalue weighted by Crippen LogP contribution is -2.37. The topological polar surface area (TPSA) is 49.5 Å². The van der Waals surface area contributed by atoms with Crippen molar-refractivity contribution in [2.24, 2.45) is 5.73 Å². The Hall–Kier alpha value is -1.06. The lowest BCUT2D eigenvalue weighted by atomic mass is 9.93. The van der Waals surface area contributed by atoms with Crippen LogP contribution in [-0.2, 0) is 6.54 Å². The summed E-state index contributed by atoms with van der Waals surface area (Å²) < 4.78 is 0. The van der Waals surface area contributed by atoms with E-state index in [1.807, 2.05) is 12.1 Å². The van der Waals surface area contributed by atoms with Crippen molar-refractivity contribution in [3.63, 3.8) is 0 Å². The third-order valence-electron chi connectivity index (χ3n) is 4.06. The summed E-state index contributed by atoms with van der Waals surface area (Å²) in [5.41, 5.74) is 6.94. The van der Waals surface area contributed by atoms with E-state index in [-0.39, 0.29) is 0 Å². The third-order valence-corrected chi connectivity index (χ3v) is 4.06. The molecule has 1 saturated carbocycles. The fourth-order valence-corrected chi connectivity index (χ4v) is 2.97. The summed E-state index contributed by atoms with van der Waals surface area (Å²) in [6.45, 7) is 2.83. The summed E-state index contributed by atoms with van der Waals surface area (Å²) in [5.74, 6) is 0.343. The molecule has 3 nitrogen and oxygen atoms in total. The Bertz CT molecular complexity index is 358. The van der Waals surface area contributed by atoms with Crippen molar-refractivity contribution in [3.05, 3.63) is 29.8 Å². The molecule has 0 spiro atoms. The van der Waals surface area contributed by atoms with Crippen LogP contribution in [0.25, 0.3) is 0 Å². The Labute approximate surface area is 116 Å². The first-order valence-corrected chi connectivity index (χ1v) is 7.51. The molecular formula is C16H26N2O. The van der Waals surface area contributed by atoms with Crippen molar-refractivity contribution in [1.29, 1.82) is 0 Å². The monoisotopic (exact) mass is 262 g/mol. The van der Waals surface area contributed by atoms with Gasteiger partial charge in [0.15, 0.2) is 0 Å². The molecule has 2 rings (SSSR count). The highest BCUT2D eigenvalue weighted by atomic mass is 16.3. The Morgan fingerprint density at radius 1 is 1.11 bits per heavy atom. The molecule has 0 amide bonds. The van der Waals surface area contributed by atoms with Crippen LogP contribution >= 0.6 is 0 Å². The summed E-state index contributed by atoms with van der Waals surface area (Å²) in [7, 11) is 0. The van der Waals surface area contributed by atoms with Gasteiger partial charge >= 0.3 is 0 Å². The number of benzene rings is 1. The largest absolute Gasteiger partial charge is 0.508 e. The Morgan fingerprint density at radius 3 is 2.42 bits per heavy atom. The number of aromatic hydroxyl groups is 1. The van der Waals surface area contributed by atoms with Gasteiger partial charge in [-0.3, -0.25) is 4.90 Å². The molecule has 0 heterocycles. The molecule has 0 radical (unpaired) electrons. The molecule has 0 aromatic heterocycles. The molecule has 1 fully saturated rings. The predicted octanol–water partition coefficient (Wildman–Crippen LogP) is 2.88. The van der Waals surface area contributed by atoms with Crippen molar-refractivity contribution >= 4 is 0 Å². The molecule has 1 aromatic rings. The van der Waals surface area contributed by atoms with Gasteiger partial charge in [-0.25, -0.2) is 0 Å². The summed E-state index contributed by atoms with van der Waals surface area (Å²) in [6.07, 6.45) is 7.82. The molecule has 0 saturated heterocycles. The van der Waals surface area contributed by atoms with E-state index in [2.05, 4.69) is 4.90 Å². The second kappa shape index (κ2) is 7.51. The average Bonchev–Trinajstić information content (AvgIpc) is 2.46. The van der Waals surface area contributed by atoms with E-state index in [0.717, 1.165) is 26.1 Å². The van der Waals surface area contributed by atoms with Crippen molar-refractivity contribution in [1.82, 2.24) is 4.90 Å². The standard InChI is InChI=1S/C16H26N2O/c17-11-4-12-18(15-5-2-1-3-6-15)13-14-7-9-16(19)10-8-14/h7-10,15,19H,1-6,11-13,17H2. The minimum Gasteiger partial charge on any atom is -0.508 e. The van der Waals surface area contributed by atoms with Crippen LogP contribution in [0.3, 0.4) is 0 Å². The van der Waals surface area contributed by atoms with Gasteiger partial charge in [-0.2, -0.15) is 0 Å². The number of phenols is 1. The lowest BCUT2D eigenvalue weighted by molar-refractivity contribution is 0.147. The first kappa shape index (κ1) is 14.4. The van der Waals surface area contributed by atoms with Crippen molar-refractivity contribution < 1.29 is 5.11 Å². The highest BCUT2D eigenvalue weighted by molar-refractivity contribution is 5.25. The molecular weight excluding hydrogens is 236 g/mol. The molecule has 1 aliphatic rings. The van der Waals surface area contributed by atoms with Crippen LogP contribution in [0.5, 0.6) is 5.75 Å². The zero-order chi connectivity index (χ0) is 13.5. The molecule has 0 atom stereocenters. The van der Waals surface area contributed by atoms with Crippen molar-refractivity contribution in [2.45, 2.75) is 51.1 Å². The fraction of sp³-hybridized carbons (Fsp3) is 0.625. The predicted molar refractivity (Wildman–Crippen MR) is 79.1 cm³/mol. The van der Waals surface area contributed by atoms with Crippen molar-refractivity contribution in [2.75, 3.05) is 13.1 Å². The molecule has 3 N–H and O–H groups in total. The summed E-state index contributed by atoms with van der Waals surface area (Å²) in [4.78, 5) is 2.58. The van der Waals surface area contributed by atoms with Crippen LogP contribution in [0.1, 0.15) is 44.1 Å². The van der Waals surface area contributed by atoms with Crippen LogP contribution in [0.4, 0.5) is 0 Å². The molecule has 0 aliphatic heterocycles. The van der Waals surface area contributed by atoms with Crippen LogP contribution in [0.2, 0.25) is 0 Å². The summed E-state index contributed by atoms with van der Waals surface area (Å²) >= 11 is 0. The van der Waals surface area contributed by atoms with Crippen molar-refractivity contribution in [3.8, 4) is 5.75 Å². The molecule has 3 heteroatoms. The molecule has 1 aliphatic carbocycles. The lowest BCUT2D eigenvalue weighted by Gasteiger charge is -2.34. The smallest absolute Gasteiger partial charge is 0.115 e. The van der Waals surface area contributed by atoms with E-state index in [1.54, 1.807) is 12.1 Å². The van der Waals surface area contributed by atoms with Gasteiger partial charge in [0.2, 0.25) is 0 Å². The van der Waals surface area contributed by atoms with Gasteiger partial charge < -0.3 is 10.8 Å². The maximum Gasteiger partial charge on any atom is 0.115 e. The highest BCUT2D eigenvalue weighted by Crippen LogP contribution is 2.24. The Morgan fingerprint density at radius 2 is 1.79 bits per heavy atom. The highest BCUT2D eigenvalue weighted by Gasteiger charge is 2.20. The second-order valence-corrected chi connectivity index (χ2v) is 5.57. The number of phenolic OH excluding ortho intramolecular Hbond substituents is 1. The van der Waals surface area contributed by atoms with E-state index < -0.39 is 0 Å². The minimum absolute atomic E-state index is 0.343. The van der Waals surface area contributed by atoms with Crippen LogP contribution in [-0.4, -0.2) is 29.1 Å². The molecule has 0 bridgehead atoms. The number of rotatable bonds is 6. The SMILES string of the molecule is NCCCN(Cc1ccc(O)cc1)C1CCCCC1. The third kappa shape index (κ3) is 4.51. The van der Waals surface area contributed by atoms with Gasteiger partial charge in [-0.05, 0) is 50.0 Å². The van der Waals surface area contributed by atoms with E-state index in [9.17, 15) is 5.11 Å². The molecule has 19 heavy (non-hydrogen) atoms. The molecule has 0 unspecified atom stereocenters. The minimum atomic E-state index is 0.343. The van der Waals surface area contributed by atoms with E-state index in [1.165, 1.54) is 37.7 Å². The van der Waals surface area contributed by atoms with Gasteiger partial charge in [-0.15, -0.1) is 0 Å². The quantitative estimate of drug-likeness (QED) is 0.829. The fourth-order valence-electron chi connectivity index (χ4n) is 2.97.